The van der Waals surface area contributed by atoms with Crippen LogP contribution in [0.15, 0.2) is 4.99 Å². The van der Waals surface area contributed by atoms with Crippen molar-refractivity contribution in [3.05, 3.63) is 0 Å². The Hall–Kier alpha value is 0.350. The van der Waals surface area contributed by atoms with Gasteiger partial charge in [0, 0.05) is 37.2 Å². The molecule has 1 aliphatic rings. The molecule has 1 saturated heterocycles. The van der Waals surface area contributed by atoms with E-state index in [-0.39, 0.29) is 24.0 Å². The Morgan fingerprint density at radius 3 is 2.72 bits per heavy atom. The molecule has 0 aromatic carbocycles. The summed E-state index contributed by atoms with van der Waals surface area (Å²) in [5.74, 6) is 2.97. The van der Waals surface area contributed by atoms with Crippen LogP contribution >= 0.6 is 35.7 Å². The predicted octanol–water partition coefficient (Wildman–Crippen LogP) is 3.05. The van der Waals surface area contributed by atoms with Crippen molar-refractivity contribution in [2.75, 3.05) is 31.9 Å². The Morgan fingerprint density at radius 1 is 1.44 bits per heavy atom. The fourth-order valence-electron chi connectivity index (χ4n) is 1.85. The van der Waals surface area contributed by atoms with Crippen molar-refractivity contribution in [1.29, 1.82) is 0 Å². The van der Waals surface area contributed by atoms with E-state index in [0.29, 0.717) is 5.92 Å². The standard InChI is InChI=1S/C13H27N3S.HI/c1-5-12-10-16(7-8-17-12)13(14-6-2)15-9-11(3)4;/h11-12H,5-10H2,1-4H3,(H,14,15);1H. The highest BCUT2D eigenvalue weighted by atomic mass is 127. The quantitative estimate of drug-likeness (QED) is 0.458. The van der Waals surface area contributed by atoms with Crippen molar-refractivity contribution in [1.82, 2.24) is 10.2 Å². The molecule has 1 heterocycles. The molecule has 1 unspecified atom stereocenters. The molecule has 1 aliphatic heterocycles. The molecule has 3 nitrogen and oxygen atoms in total. The van der Waals surface area contributed by atoms with Crippen molar-refractivity contribution in [2.45, 2.75) is 39.4 Å². The molecule has 0 spiro atoms. The van der Waals surface area contributed by atoms with Gasteiger partial charge in [0.25, 0.3) is 0 Å². The van der Waals surface area contributed by atoms with Crippen LogP contribution in [0.2, 0.25) is 0 Å². The van der Waals surface area contributed by atoms with Gasteiger partial charge in [-0.25, -0.2) is 0 Å². The van der Waals surface area contributed by atoms with Gasteiger partial charge >= 0.3 is 0 Å². The number of halogens is 1. The van der Waals surface area contributed by atoms with Crippen LogP contribution in [-0.2, 0) is 0 Å². The first kappa shape index (κ1) is 18.4. The molecule has 0 aromatic heterocycles. The molecule has 1 N–H and O–H groups in total. The van der Waals surface area contributed by atoms with E-state index in [0.717, 1.165) is 37.4 Å². The van der Waals surface area contributed by atoms with Crippen LogP contribution in [0, 0.1) is 5.92 Å². The summed E-state index contributed by atoms with van der Waals surface area (Å²) in [6.45, 7) is 13.0. The van der Waals surface area contributed by atoms with Crippen molar-refractivity contribution >= 4 is 41.7 Å². The minimum Gasteiger partial charge on any atom is -0.357 e. The number of hydrogen-bond acceptors (Lipinski definition) is 2. The first-order valence-electron chi connectivity index (χ1n) is 6.82. The number of nitrogens with zero attached hydrogens (tertiary/aromatic N) is 2. The predicted molar refractivity (Wildman–Crippen MR) is 94.3 cm³/mol. The number of nitrogens with one attached hydrogen (secondary N) is 1. The zero-order valence-corrected chi connectivity index (χ0v) is 15.3. The smallest absolute Gasteiger partial charge is 0.193 e. The van der Waals surface area contributed by atoms with Gasteiger partial charge in [-0.15, -0.1) is 24.0 Å². The highest BCUT2D eigenvalue weighted by Crippen LogP contribution is 2.21. The molecule has 0 saturated carbocycles. The average Bonchev–Trinajstić information content (AvgIpc) is 2.34. The normalized spacial score (nSPS) is 20.8. The SMILES string of the molecule is CCNC(=NCC(C)C)N1CCSC(CC)C1.I. The fraction of sp³-hybridized carbons (Fsp3) is 0.923. The van der Waals surface area contributed by atoms with Crippen LogP contribution in [0.25, 0.3) is 0 Å². The van der Waals surface area contributed by atoms with Crippen molar-refractivity contribution in [3.63, 3.8) is 0 Å². The van der Waals surface area contributed by atoms with Gasteiger partial charge in [-0.2, -0.15) is 11.8 Å². The van der Waals surface area contributed by atoms with Gasteiger partial charge in [0.15, 0.2) is 5.96 Å². The minimum absolute atomic E-state index is 0. The molecular formula is C13H28IN3S. The van der Waals surface area contributed by atoms with E-state index >= 15 is 0 Å². The van der Waals surface area contributed by atoms with Crippen LogP contribution in [0.3, 0.4) is 0 Å². The average molecular weight is 385 g/mol. The van der Waals surface area contributed by atoms with Crippen LogP contribution in [-0.4, -0.2) is 48.0 Å². The lowest BCUT2D eigenvalue weighted by atomic mass is 10.2. The first-order valence-corrected chi connectivity index (χ1v) is 7.87. The van der Waals surface area contributed by atoms with Gasteiger partial charge in [0.2, 0.25) is 0 Å². The van der Waals surface area contributed by atoms with E-state index in [1.807, 2.05) is 0 Å². The van der Waals surface area contributed by atoms with Gasteiger partial charge < -0.3 is 10.2 Å². The van der Waals surface area contributed by atoms with Crippen molar-refractivity contribution < 1.29 is 0 Å². The van der Waals surface area contributed by atoms with Crippen LogP contribution in [0.5, 0.6) is 0 Å². The lowest BCUT2D eigenvalue weighted by Gasteiger charge is -2.34. The van der Waals surface area contributed by atoms with E-state index < -0.39 is 0 Å². The number of hydrogen-bond donors (Lipinski definition) is 1. The van der Waals surface area contributed by atoms with E-state index in [1.54, 1.807) is 0 Å². The van der Waals surface area contributed by atoms with Gasteiger partial charge in [-0.1, -0.05) is 20.8 Å². The molecule has 0 aromatic rings. The Morgan fingerprint density at radius 2 is 2.17 bits per heavy atom. The van der Waals surface area contributed by atoms with Crippen molar-refractivity contribution in [2.24, 2.45) is 10.9 Å². The third-order valence-electron chi connectivity index (χ3n) is 2.83. The Bertz CT molecular complexity index is 246. The summed E-state index contributed by atoms with van der Waals surface area (Å²) in [6.07, 6.45) is 1.25. The molecule has 108 valence electrons. The second-order valence-corrected chi connectivity index (χ2v) is 6.34. The number of aliphatic imine (C=N–C) groups is 1. The van der Waals surface area contributed by atoms with Gasteiger partial charge in [0.05, 0.1) is 0 Å². The first-order chi connectivity index (χ1) is 8.17. The van der Waals surface area contributed by atoms with E-state index in [9.17, 15) is 0 Å². The fourth-order valence-corrected chi connectivity index (χ4v) is 3.03. The third-order valence-corrected chi connectivity index (χ3v) is 4.21. The van der Waals surface area contributed by atoms with E-state index in [2.05, 4.69) is 49.7 Å². The number of thioether (sulfide) groups is 1. The molecule has 1 atom stereocenters. The molecule has 1 rings (SSSR count). The largest absolute Gasteiger partial charge is 0.357 e. The second-order valence-electron chi connectivity index (χ2n) is 4.94. The molecule has 0 aliphatic carbocycles. The molecule has 18 heavy (non-hydrogen) atoms. The van der Waals surface area contributed by atoms with Gasteiger partial charge in [0.1, 0.15) is 0 Å². The molecule has 0 amide bonds. The Labute approximate surface area is 134 Å². The molecule has 0 radical (unpaired) electrons. The zero-order valence-electron chi connectivity index (χ0n) is 12.1. The summed E-state index contributed by atoms with van der Waals surface area (Å²) in [4.78, 5) is 7.15. The van der Waals surface area contributed by atoms with Crippen LogP contribution in [0.4, 0.5) is 0 Å². The molecular weight excluding hydrogens is 357 g/mol. The summed E-state index contributed by atoms with van der Waals surface area (Å²) in [5, 5.41) is 4.19. The summed E-state index contributed by atoms with van der Waals surface area (Å²) in [6, 6.07) is 0. The number of rotatable bonds is 4. The zero-order chi connectivity index (χ0) is 12.7. The van der Waals surface area contributed by atoms with Crippen LogP contribution in [0.1, 0.15) is 34.1 Å². The van der Waals surface area contributed by atoms with Gasteiger partial charge in [-0.05, 0) is 19.3 Å². The maximum atomic E-state index is 4.73. The minimum atomic E-state index is 0. The maximum absolute atomic E-state index is 4.73. The summed E-state index contributed by atoms with van der Waals surface area (Å²) in [7, 11) is 0. The molecule has 1 fully saturated rings. The highest BCUT2D eigenvalue weighted by Gasteiger charge is 2.21. The lowest BCUT2D eigenvalue weighted by Crippen LogP contribution is -2.48. The third kappa shape index (κ3) is 6.50. The van der Waals surface area contributed by atoms with E-state index in [1.165, 1.54) is 12.2 Å². The lowest BCUT2D eigenvalue weighted by molar-refractivity contribution is 0.407. The van der Waals surface area contributed by atoms with Crippen LogP contribution < -0.4 is 5.32 Å². The molecule has 5 heteroatoms. The summed E-state index contributed by atoms with van der Waals surface area (Å²) < 4.78 is 0. The molecule has 0 bridgehead atoms. The highest BCUT2D eigenvalue weighted by molar-refractivity contribution is 14.0. The summed E-state index contributed by atoms with van der Waals surface area (Å²) >= 11 is 2.10. The second kappa shape index (κ2) is 10.2. The Balaban J connectivity index is 0.00000289. The van der Waals surface area contributed by atoms with E-state index in [4.69, 9.17) is 4.99 Å². The number of guanidine groups is 1. The van der Waals surface area contributed by atoms with Gasteiger partial charge in [-0.3, -0.25) is 4.99 Å². The maximum Gasteiger partial charge on any atom is 0.193 e. The summed E-state index contributed by atoms with van der Waals surface area (Å²) in [5.41, 5.74) is 0. The Kier molecular flexibility index (Phi) is 10.4. The topological polar surface area (TPSA) is 27.6 Å². The monoisotopic (exact) mass is 385 g/mol. The van der Waals surface area contributed by atoms with Crippen molar-refractivity contribution in [3.8, 4) is 0 Å².